The van der Waals surface area contributed by atoms with E-state index in [2.05, 4.69) is 9.97 Å². The van der Waals surface area contributed by atoms with Crippen molar-refractivity contribution in [2.24, 2.45) is 0 Å². The third-order valence-electron chi connectivity index (χ3n) is 3.12. The van der Waals surface area contributed by atoms with E-state index >= 15 is 0 Å². The Balaban J connectivity index is 2.08. The molecule has 98 valence electrons. The number of rotatable bonds is 2. The lowest BCUT2D eigenvalue weighted by Gasteiger charge is -2.04. The molecule has 0 saturated heterocycles. The van der Waals surface area contributed by atoms with Crippen LogP contribution in [0.4, 0.5) is 0 Å². The zero-order valence-electron chi connectivity index (χ0n) is 11.1. The maximum Gasteiger partial charge on any atom is 0.125 e. The fraction of sp³-hybridized carbons (Fsp3) is 0.0588. The van der Waals surface area contributed by atoms with Crippen molar-refractivity contribution in [3.05, 3.63) is 71.5 Å². The molecule has 0 aliphatic carbocycles. The van der Waals surface area contributed by atoms with Crippen LogP contribution in [-0.4, -0.2) is 15.1 Å². The normalized spacial score (nSPS) is 11.8. The highest BCUT2D eigenvalue weighted by molar-refractivity contribution is 5.80. The molecule has 3 aromatic rings. The Hall–Kier alpha value is -2.68. The van der Waals surface area contributed by atoms with Crippen LogP contribution in [0.3, 0.4) is 0 Å². The summed E-state index contributed by atoms with van der Waals surface area (Å²) < 4.78 is 0. The van der Waals surface area contributed by atoms with Crippen LogP contribution in [0, 0.1) is 6.92 Å². The van der Waals surface area contributed by atoms with Crippen molar-refractivity contribution in [1.29, 1.82) is 0 Å². The molecular formula is C17H14N2O. The summed E-state index contributed by atoms with van der Waals surface area (Å²) in [7, 11) is 0. The Labute approximate surface area is 117 Å². The van der Waals surface area contributed by atoms with Crippen LogP contribution in [-0.2, 0) is 0 Å². The SMILES string of the molecule is Cc1nc2ccccc2nc1/C=C(\O)c1ccccc1. The summed E-state index contributed by atoms with van der Waals surface area (Å²) >= 11 is 0. The molecule has 3 heteroatoms. The first-order valence-corrected chi connectivity index (χ1v) is 6.43. The predicted octanol–water partition coefficient (Wildman–Crippen LogP) is 3.99. The molecular weight excluding hydrogens is 248 g/mol. The van der Waals surface area contributed by atoms with Crippen LogP contribution in [0.5, 0.6) is 0 Å². The molecule has 1 heterocycles. The van der Waals surface area contributed by atoms with Gasteiger partial charge in [-0.15, -0.1) is 0 Å². The quantitative estimate of drug-likeness (QED) is 0.710. The van der Waals surface area contributed by atoms with E-state index in [9.17, 15) is 5.11 Å². The van der Waals surface area contributed by atoms with Gasteiger partial charge in [0.15, 0.2) is 0 Å². The topological polar surface area (TPSA) is 46.0 Å². The molecule has 3 nitrogen and oxygen atoms in total. The summed E-state index contributed by atoms with van der Waals surface area (Å²) in [6, 6.07) is 17.1. The summed E-state index contributed by atoms with van der Waals surface area (Å²) in [4.78, 5) is 9.05. The first kappa shape index (κ1) is 12.4. The molecule has 1 aromatic heterocycles. The van der Waals surface area contributed by atoms with Crippen molar-refractivity contribution in [3.8, 4) is 0 Å². The lowest BCUT2D eigenvalue weighted by molar-refractivity contribution is 0.515. The Bertz CT molecular complexity index is 779. The first-order chi connectivity index (χ1) is 9.74. The van der Waals surface area contributed by atoms with Gasteiger partial charge in [-0.3, -0.25) is 0 Å². The molecule has 0 bridgehead atoms. The molecule has 20 heavy (non-hydrogen) atoms. The van der Waals surface area contributed by atoms with Gasteiger partial charge in [0.2, 0.25) is 0 Å². The summed E-state index contributed by atoms with van der Waals surface area (Å²) in [5, 5.41) is 10.2. The molecule has 3 rings (SSSR count). The molecule has 0 radical (unpaired) electrons. The van der Waals surface area contributed by atoms with Gasteiger partial charge in [-0.2, -0.15) is 0 Å². The van der Waals surface area contributed by atoms with Crippen molar-refractivity contribution in [3.63, 3.8) is 0 Å². The summed E-state index contributed by atoms with van der Waals surface area (Å²) in [6.45, 7) is 1.89. The van der Waals surface area contributed by atoms with Crippen LogP contribution in [0.1, 0.15) is 17.0 Å². The molecule has 0 saturated carbocycles. The number of para-hydroxylation sites is 2. The van der Waals surface area contributed by atoms with E-state index in [0.29, 0.717) is 5.69 Å². The maximum atomic E-state index is 10.2. The van der Waals surface area contributed by atoms with Gasteiger partial charge in [-0.05, 0) is 19.1 Å². The molecule has 0 fully saturated rings. The number of aliphatic hydroxyl groups is 1. The number of benzene rings is 2. The second-order valence-corrected chi connectivity index (χ2v) is 4.58. The van der Waals surface area contributed by atoms with Gasteiger partial charge in [-0.1, -0.05) is 42.5 Å². The highest BCUT2D eigenvalue weighted by Gasteiger charge is 2.05. The summed E-state index contributed by atoms with van der Waals surface area (Å²) in [6.07, 6.45) is 1.66. The highest BCUT2D eigenvalue weighted by Crippen LogP contribution is 2.18. The molecule has 0 unspecified atom stereocenters. The molecule has 0 aliphatic rings. The highest BCUT2D eigenvalue weighted by atomic mass is 16.3. The van der Waals surface area contributed by atoms with Crippen LogP contribution in [0.2, 0.25) is 0 Å². The van der Waals surface area contributed by atoms with Crippen LogP contribution in [0.15, 0.2) is 54.6 Å². The fourth-order valence-corrected chi connectivity index (χ4v) is 2.06. The van der Waals surface area contributed by atoms with Gasteiger partial charge in [0.05, 0.1) is 22.4 Å². The molecule has 0 atom stereocenters. The number of aromatic nitrogens is 2. The minimum Gasteiger partial charge on any atom is -0.507 e. The van der Waals surface area contributed by atoms with E-state index in [-0.39, 0.29) is 5.76 Å². The van der Waals surface area contributed by atoms with Crippen molar-refractivity contribution >= 4 is 22.9 Å². The zero-order valence-corrected chi connectivity index (χ0v) is 11.1. The van der Waals surface area contributed by atoms with E-state index in [1.54, 1.807) is 6.08 Å². The fourth-order valence-electron chi connectivity index (χ4n) is 2.06. The van der Waals surface area contributed by atoms with E-state index < -0.39 is 0 Å². The molecule has 0 amide bonds. The number of hydrogen-bond donors (Lipinski definition) is 1. The van der Waals surface area contributed by atoms with E-state index in [1.807, 2.05) is 61.5 Å². The van der Waals surface area contributed by atoms with Gasteiger partial charge < -0.3 is 5.11 Å². The second kappa shape index (κ2) is 5.13. The van der Waals surface area contributed by atoms with Crippen molar-refractivity contribution in [2.75, 3.05) is 0 Å². The monoisotopic (exact) mass is 262 g/mol. The van der Waals surface area contributed by atoms with Crippen molar-refractivity contribution in [1.82, 2.24) is 9.97 Å². The zero-order chi connectivity index (χ0) is 13.9. The Morgan fingerprint density at radius 3 is 2.20 bits per heavy atom. The lowest BCUT2D eigenvalue weighted by atomic mass is 10.1. The smallest absolute Gasteiger partial charge is 0.125 e. The minimum absolute atomic E-state index is 0.193. The van der Waals surface area contributed by atoms with Gasteiger partial charge in [0.25, 0.3) is 0 Å². The number of fused-ring (bicyclic) bond motifs is 1. The number of aliphatic hydroxyl groups excluding tert-OH is 1. The maximum absolute atomic E-state index is 10.2. The molecule has 2 aromatic carbocycles. The standard InChI is InChI=1S/C17H14N2O/c1-12-16(11-17(20)13-7-3-2-4-8-13)19-15-10-6-5-9-14(15)18-12/h2-11,20H,1H3/b17-11-. The molecule has 0 spiro atoms. The number of hydrogen-bond acceptors (Lipinski definition) is 3. The number of nitrogens with zero attached hydrogens (tertiary/aromatic N) is 2. The minimum atomic E-state index is 0.193. The largest absolute Gasteiger partial charge is 0.507 e. The molecule has 1 N–H and O–H groups in total. The van der Waals surface area contributed by atoms with Gasteiger partial charge in [-0.25, -0.2) is 9.97 Å². The first-order valence-electron chi connectivity index (χ1n) is 6.43. The van der Waals surface area contributed by atoms with Crippen LogP contribution in [0.25, 0.3) is 22.9 Å². The van der Waals surface area contributed by atoms with E-state index in [0.717, 1.165) is 22.3 Å². The lowest BCUT2D eigenvalue weighted by Crippen LogP contribution is -1.94. The Morgan fingerprint density at radius 1 is 0.900 bits per heavy atom. The summed E-state index contributed by atoms with van der Waals surface area (Å²) in [5.41, 5.74) is 3.93. The average molecular weight is 262 g/mol. The van der Waals surface area contributed by atoms with Crippen LogP contribution < -0.4 is 0 Å². The van der Waals surface area contributed by atoms with Gasteiger partial charge in [0.1, 0.15) is 5.76 Å². The summed E-state index contributed by atoms with van der Waals surface area (Å²) in [5.74, 6) is 0.193. The second-order valence-electron chi connectivity index (χ2n) is 4.58. The third kappa shape index (κ3) is 2.38. The van der Waals surface area contributed by atoms with Gasteiger partial charge in [0, 0.05) is 11.6 Å². The van der Waals surface area contributed by atoms with Crippen molar-refractivity contribution < 1.29 is 5.11 Å². The Kier molecular flexibility index (Phi) is 3.17. The molecule has 0 aliphatic heterocycles. The van der Waals surface area contributed by atoms with Crippen molar-refractivity contribution in [2.45, 2.75) is 6.92 Å². The van der Waals surface area contributed by atoms with E-state index in [4.69, 9.17) is 0 Å². The predicted molar refractivity (Wildman–Crippen MR) is 81.2 cm³/mol. The number of aryl methyl sites for hydroxylation is 1. The van der Waals surface area contributed by atoms with Gasteiger partial charge >= 0.3 is 0 Å². The third-order valence-corrected chi connectivity index (χ3v) is 3.12. The average Bonchev–Trinajstić information content (AvgIpc) is 2.49. The van der Waals surface area contributed by atoms with E-state index in [1.165, 1.54) is 0 Å². The van der Waals surface area contributed by atoms with Crippen LogP contribution >= 0.6 is 0 Å². The Morgan fingerprint density at radius 2 is 1.50 bits per heavy atom.